The van der Waals surface area contributed by atoms with Crippen molar-refractivity contribution in [3.8, 4) is 11.8 Å². The number of fused-ring (bicyclic) bond motifs is 1. The van der Waals surface area contributed by atoms with E-state index in [-0.39, 0.29) is 0 Å². The molecular weight excluding hydrogens is 320 g/mol. The van der Waals surface area contributed by atoms with Crippen LogP contribution in [-0.2, 0) is 6.54 Å². The summed E-state index contributed by atoms with van der Waals surface area (Å²) in [7, 11) is 0. The summed E-state index contributed by atoms with van der Waals surface area (Å²) in [6.45, 7) is 3.47. The largest absolute Gasteiger partial charge is 0.374 e. The van der Waals surface area contributed by atoms with Gasteiger partial charge in [-0.1, -0.05) is 17.5 Å². The maximum absolute atomic E-state index is 10.9. The second-order valence-corrected chi connectivity index (χ2v) is 5.81. The molecule has 0 amide bonds. The number of benzene rings is 2. The Bertz CT molecular complexity index is 930. The summed E-state index contributed by atoms with van der Waals surface area (Å²) in [5.41, 5.74) is 3.71. The SMILES string of the molecule is CCn1c(C#CCNc2ccc(Cl)cc2)cc2cc(C=O)ccc21. The van der Waals surface area contributed by atoms with Gasteiger partial charge in [-0.2, -0.15) is 0 Å². The van der Waals surface area contributed by atoms with E-state index < -0.39 is 0 Å². The molecule has 0 saturated heterocycles. The zero-order chi connectivity index (χ0) is 16.9. The van der Waals surface area contributed by atoms with Crippen LogP contribution >= 0.6 is 11.6 Å². The second-order valence-electron chi connectivity index (χ2n) is 5.37. The van der Waals surface area contributed by atoms with Crippen LogP contribution in [0.4, 0.5) is 5.69 Å². The van der Waals surface area contributed by atoms with Gasteiger partial charge in [0.25, 0.3) is 0 Å². The molecule has 0 aliphatic rings. The topological polar surface area (TPSA) is 34.0 Å². The molecule has 24 heavy (non-hydrogen) atoms. The van der Waals surface area contributed by atoms with E-state index in [1.807, 2.05) is 48.5 Å². The molecule has 0 radical (unpaired) electrons. The van der Waals surface area contributed by atoms with E-state index in [4.69, 9.17) is 11.6 Å². The van der Waals surface area contributed by atoms with E-state index in [0.717, 1.165) is 35.1 Å². The van der Waals surface area contributed by atoms with E-state index >= 15 is 0 Å². The Morgan fingerprint density at radius 3 is 2.67 bits per heavy atom. The first-order valence-corrected chi connectivity index (χ1v) is 8.16. The zero-order valence-electron chi connectivity index (χ0n) is 13.3. The average molecular weight is 337 g/mol. The Morgan fingerprint density at radius 1 is 1.17 bits per heavy atom. The number of carbonyl (C=O) groups excluding carboxylic acids is 1. The molecule has 4 heteroatoms. The van der Waals surface area contributed by atoms with Gasteiger partial charge in [-0.05, 0) is 61.4 Å². The smallest absolute Gasteiger partial charge is 0.150 e. The van der Waals surface area contributed by atoms with Crippen LogP contribution in [0.3, 0.4) is 0 Å². The lowest BCUT2D eigenvalue weighted by Gasteiger charge is -2.03. The van der Waals surface area contributed by atoms with E-state index in [2.05, 4.69) is 28.6 Å². The van der Waals surface area contributed by atoms with Crippen LogP contribution in [0, 0.1) is 11.8 Å². The van der Waals surface area contributed by atoms with Crippen molar-refractivity contribution in [3.05, 3.63) is 64.8 Å². The molecule has 1 N–H and O–H groups in total. The third-order valence-electron chi connectivity index (χ3n) is 3.82. The molecule has 3 nitrogen and oxygen atoms in total. The average Bonchev–Trinajstić information content (AvgIpc) is 2.96. The fraction of sp³-hybridized carbons (Fsp3) is 0.150. The van der Waals surface area contributed by atoms with Crippen molar-refractivity contribution in [3.63, 3.8) is 0 Å². The van der Waals surface area contributed by atoms with Crippen LogP contribution in [0.1, 0.15) is 23.0 Å². The van der Waals surface area contributed by atoms with Crippen molar-refractivity contribution in [2.75, 3.05) is 11.9 Å². The van der Waals surface area contributed by atoms with Crippen LogP contribution in [0.15, 0.2) is 48.5 Å². The lowest BCUT2D eigenvalue weighted by molar-refractivity contribution is 0.112. The molecule has 0 aliphatic carbocycles. The van der Waals surface area contributed by atoms with E-state index in [1.165, 1.54) is 0 Å². The maximum Gasteiger partial charge on any atom is 0.150 e. The molecule has 0 atom stereocenters. The lowest BCUT2D eigenvalue weighted by atomic mass is 10.2. The first-order chi connectivity index (χ1) is 11.7. The Morgan fingerprint density at radius 2 is 1.96 bits per heavy atom. The van der Waals surface area contributed by atoms with Gasteiger partial charge in [-0.15, -0.1) is 0 Å². The minimum atomic E-state index is 0.548. The van der Waals surface area contributed by atoms with Crippen molar-refractivity contribution in [2.24, 2.45) is 0 Å². The molecule has 120 valence electrons. The van der Waals surface area contributed by atoms with Gasteiger partial charge < -0.3 is 9.88 Å². The minimum absolute atomic E-state index is 0.548. The second kappa shape index (κ2) is 7.25. The highest BCUT2D eigenvalue weighted by molar-refractivity contribution is 6.30. The molecule has 0 unspecified atom stereocenters. The highest BCUT2D eigenvalue weighted by Crippen LogP contribution is 2.20. The van der Waals surface area contributed by atoms with Gasteiger partial charge in [0.05, 0.1) is 12.2 Å². The van der Waals surface area contributed by atoms with Gasteiger partial charge in [0, 0.05) is 33.7 Å². The number of carbonyl (C=O) groups is 1. The number of hydrogen-bond donors (Lipinski definition) is 1. The van der Waals surface area contributed by atoms with Crippen LogP contribution < -0.4 is 5.32 Å². The highest BCUT2D eigenvalue weighted by atomic mass is 35.5. The molecule has 1 aromatic heterocycles. The fourth-order valence-electron chi connectivity index (χ4n) is 2.66. The number of aldehydes is 1. The summed E-state index contributed by atoms with van der Waals surface area (Å²) in [6.07, 6.45) is 0.865. The van der Waals surface area contributed by atoms with E-state index in [9.17, 15) is 4.79 Å². The predicted octanol–water partition coefficient (Wildman–Crippen LogP) is 4.59. The third-order valence-corrected chi connectivity index (χ3v) is 4.07. The predicted molar refractivity (Wildman–Crippen MR) is 99.8 cm³/mol. The first kappa shape index (κ1) is 16.2. The summed E-state index contributed by atoms with van der Waals surface area (Å²) in [4.78, 5) is 10.9. The third kappa shape index (κ3) is 3.45. The number of rotatable bonds is 4. The van der Waals surface area contributed by atoms with Crippen molar-refractivity contribution in [1.29, 1.82) is 0 Å². The van der Waals surface area contributed by atoms with E-state index in [1.54, 1.807) is 0 Å². The monoisotopic (exact) mass is 336 g/mol. The Kier molecular flexibility index (Phi) is 4.88. The molecule has 3 rings (SSSR count). The quantitative estimate of drug-likeness (QED) is 0.558. The number of nitrogens with one attached hydrogen (secondary N) is 1. The van der Waals surface area contributed by atoms with Crippen LogP contribution in [0.2, 0.25) is 5.02 Å². The number of nitrogens with zero attached hydrogens (tertiary/aromatic N) is 1. The minimum Gasteiger partial charge on any atom is -0.374 e. The van der Waals surface area contributed by atoms with Crippen LogP contribution in [-0.4, -0.2) is 17.4 Å². The van der Waals surface area contributed by atoms with Gasteiger partial charge in [0.15, 0.2) is 0 Å². The van der Waals surface area contributed by atoms with Crippen molar-refractivity contribution >= 4 is 34.5 Å². The summed E-state index contributed by atoms with van der Waals surface area (Å²) in [5.74, 6) is 6.35. The van der Waals surface area contributed by atoms with E-state index in [0.29, 0.717) is 17.1 Å². The molecule has 0 spiro atoms. The Labute approximate surface area is 146 Å². The van der Waals surface area contributed by atoms with Crippen molar-refractivity contribution in [1.82, 2.24) is 4.57 Å². The molecule has 3 aromatic rings. The number of halogens is 1. The Balaban J connectivity index is 1.79. The molecule has 1 heterocycles. The summed E-state index contributed by atoms with van der Waals surface area (Å²) in [6, 6.07) is 15.3. The zero-order valence-corrected chi connectivity index (χ0v) is 14.1. The molecule has 2 aromatic carbocycles. The fourth-order valence-corrected chi connectivity index (χ4v) is 2.78. The molecule has 0 saturated carbocycles. The normalized spacial score (nSPS) is 10.2. The van der Waals surface area contributed by atoms with Crippen LogP contribution in [0.5, 0.6) is 0 Å². The highest BCUT2D eigenvalue weighted by Gasteiger charge is 2.06. The van der Waals surface area contributed by atoms with Gasteiger partial charge >= 0.3 is 0 Å². The van der Waals surface area contributed by atoms with Crippen molar-refractivity contribution in [2.45, 2.75) is 13.5 Å². The molecule has 0 aliphatic heterocycles. The number of aryl methyl sites for hydroxylation is 1. The van der Waals surface area contributed by atoms with Gasteiger partial charge in [0.1, 0.15) is 6.29 Å². The number of hydrogen-bond acceptors (Lipinski definition) is 2. The van der Waals surface area contributed by atoms with Gasteiger partial charge in [-0.3, -0.25) is 4.79 Å². The number of anilines is 1. The summed E-state index contributed by atoms with van der Waals surface area (Å²) in [5, 5.41) is 5.00. The summed E-state index contributed by atoms with van der Waals surface area (Å²) < 4.78 is 2.15. The maximum atomic E-state index is 10.9. The van der Waals surface area contributed by atoms with Gasteiger partial charge in [0.2, 0.25) is 0 Å². The Hall–Kier alpha value is -2.70. The molecule has 0 bridgehead atoms. The molecular formula is C20H17ClN2O. The number of aromatic nitrogens is 1. The first-order valence-electron chi connectivity index (χ1n) is 7.78. The van der Waals surface area contributed by atoms with Crippen molar-refractivity contribution < 1.29 is 4.79 Å². The molecule has 0 fully saturated rings. The lowest BCUT2D eigenvalue weighted by Crippen LogP contribution is -2.00. The van der Waals surface area contributed by atoms with Gasteiger partial charge in [-0.25, -0.2) is 0 Å². The standard InChI is InChI=1S/C20H17ClN2O/c1-2-23-19(13-16-12-15(14-24)5-10-20(16)23)4-3-11-22-18-8-6-17(21)7-9-18/h5-10,12-14,22H,2,11H2,1H3. The van der Waals surface area contributed by atoms with Crippen LogP contribution in [0.25, 0.3) is 10.9 Å². The summed E-state index contributed by atoms with van der Waals surface area (Å²) >= 11 is 5.87.